The Hall–Kier alpha value is -1.48. The van der Waals surface area contributed by atoms with E-state index in [0.29, 0.717) is 5.56 Å². The van der Waals surface area contributed by atoms with Gasteiger partial charge >= 0.3 is 5.69 Å². The molecular formula is C11H18N4O4. The summed E-state index contributed by atoms with van der Waals surface area (Å²) in [7, 11) is 0. The van der Waals surface area contributed by atoms with E-state index in [0.717, 1.165) is 0 Å². The molecule has 1 fully saturated rings. The van der Waals surface area contributed by atoms with Crippen molar-refractivity contribution in [3.05, 3.63) is 22.2 Å². The second kappa shape index (κ2) is 5.25. The van der Waals surface area contributed by atoms with E-state index in [9.17, 15) is 15.0 Å². The second-order valence-corrected chi connectivity index (χ2v) is 4.67. The summed E-state index contributed by atoms with van der Waals surface area (Å²) in [5, 5.41) is 18.5. The molecule has 4 atom stereocenters. The fourth-order valence-corrected chi connectivity index (χ4v) is 2.26. The maximum Gasteiger partial charge on any atom is 0.351 e. The van der Waals surface area contributed by atoms with Gasteiger partial charge in [0.1, 0.15) is 5.82 Å². The molecule has 1 aromatic rings. The second-order valence-electron chi connectivity index (χ2n) is 4.67. The van der Waals surface area contributed by atoms with Gasteiger partial charge < -0.3 is 26.4 Å². The lowest BCUT2D eigenvalue weighted by Crippen LogP contribution is -2.40. The van der Waals surface area contributed by atoms with Crippen LogP contribution in [0.5, 0.6) is 0 Å². The zero-order chi connectivity index (χ0) is 14.2. The van der Waals surface area contributed by atoms with Crippen LogP contribution < -0.4 is 17.2 Å². The van der Waals surface area contributed by atoms with Crippen molar-refractivity contribution in [1.82, 2.24) is 9.55 Å². The fraction of sp³-hybridized carbons (Fsp3) is 0.636. The quantitative estimate of drug-likeness (QED) is 0.496. The topological polar surface area (TPSA) is 137 Å². The first-order valence-corrected chi connectivity index (χ1v) is 5.97. The van der Waals surface area contributed by atoms with Crippen LogP contribution in [0.25, 0.3) is 0 Å². The van der Waals surface area contributed by atoms with Gasteiger partial charge in [-0.2, -0.15) is 4.98 Å². The summed E-state index contributed by atoms with van der Waals surface area (Å²) in [6, 6.07) is -0.607. The van der Waals surface area contributed by atoms with E-state index < -0.39 is 30.0 Å². The number of rotatable bonds is 3. The van der Waals surface area contributed by atoms with Crippen molar-refractivity contribution in [2.75, 3.05) is 18.9 Å². The molecule has 0 aromatic carbocycles. The highest BCUT2D eigenvalue weighted by Crippen LogP contribution is 2.31. The van der Waals surface area contributed by atoms with Gasteiger partial charge in [0.05, 0.1) is 25.4 Å². The molecule has 106 valence electrons. The van der Waals surface area contributed by atoms with Gasteiger partial charge in [-0.1, -0.05) is 0 Å². The number of aryl methyl sites for hydroxylation is 1. The minimum absolute atomic E-state index is 0.158. The van der Waals surface area contributed by atoms with Crippen LogP contribution in [-0.2, 0) is 4.74 Å². The molecule has 6 N–H and O–H groups in total. The molecule has 0 saturated carbocycles. The molecule has 0 amide bonds. The highest BCUT2D eigenvalue weighted by molar-refractivity contribution is 5.35. The van der Waals surface area contributed by atoms with Crippen LogP contribution in [-0.4, -0.2) is 45.1 Å². The number of nitrogens with zero attached hydrogens (tertiary/aromatic N) is 2. The number of aromatic nitrogens is 2. The first-order valence-electron chi connectivity index (χ1n) is 5.97. The first kappa shape index (κ1) is 13.9. The van der Waals surface area contributed by atoms with Crippen LogP contribution in [0, 0.1) is 12.8 Å². The van der Waals surface area contributed by atoms with Gasteiger partial charge in [-0.3, -0.25) is 4.57 Å². The molecule has 1 saturated heterocycles. The van der Waals surface area contributed by atoms with Crippen LogP contribution in [0.1, 0.15) is 11.8 Å². The smallest absolute Gasteiger partial charge is 0.351 e. The largest absolute Gasteiger partial charge is 0.396 e. The third kappa shape index (κ3) is 2.35. The SMILES string of the molecule is Cc1cn([C@@H]2O[C@H](CO)C(CO)[C@@H]2N)c(=O)nc1N. The Kier molecular flexibility index (Phi) is 3.85. The van der Waals surface area contributed by atoms with Crippen molar-refractivity contribution in [2.24, 2.45) is 11.7 Å². The maximum absolute atomic E-state index is 11.8. The summed E-state index contributed by atoms with van der Waals surface area (Å²) >= 11 is 0. The van der Waals surface area contributed by atoms with E-state index in [1.165, 1.54) is 10.8 Å². The molecule has 0 aliphatic carbocycles. The Morgan fingerprint density at radius 3 is 2.68 bits per heavy atom. The normalized spacial score (nSPS) is 30.7. The number of aliphatic hydroxyl groups is 2. The predicted octanol–water partition coefficient (Wildman–Crippen LogP) is -2.04. The highest BCUT2D eigenvalue weighted by atomic mass is 16.5. The monoisotopic (exact) mass is 270 g/mol. The Labute approximate surface area is 109 Å². The minimum Gasteiger partial charge on any atom is -0.396 e. The molecule has 1 aromatic heterocycles. The van der Waals surface area contributed by atoms with Crippen LogP contribution in [0.2, 0.25) is 0 Å². The minimum atomic E-state index is -0.770. The van der Waals surface area contributed by atoms with Gasteiger partial charge in [0.15, 0.2) is 6.23 Å². The van der Waals surface area contributed by atoms with Crippen molar-refractivity contribution in [3.8, 4) is 0 Å². The van der Waals surface area contributed by atoms with Crippen LogP contribution >= 0.6 is 0 Å². The number of hydrogen-bond acceptors (Lipinski definition) is 7. The molecule has 1 aliphatic rings. The van der Waals surface area contributed by atoms with E-state index in [4.69, 9.17) is 16.2 Å². The maximum atomic E-state index is 11.8. The lowest BCUT2D eigenvalue weighted by atomic mass is 9.98. The zero-order valence-electron chi connectivity index (χ0n) is 10.6. The third-order valence-corrected chi connectivity index (χ3v) is 3.45. The van der Waals surface area contributed by atoms with Gasteiger partial charge in [0.25, 0.3) is 0 Å². The number of aliphatic hydroxyl groups excluding tert-OH is 2. The molecular weight excluding hydrogens is 252 g/mol. The third-order valence-electron chi connectivity index (χ3n) is 3.45. The van der Waals surface area contributed by atoms with E-state index >= 15 is 0 Å². The summed E-state index contributed by atoms with van der Waals surface area (Å²) in [6.45, 7) is 1.22. The molecule has 19 heavy (non-hydrogen) atoms. The molecule has 8 heteroatoms. The number of hydrogen-bond donors (Lipinski definition) is 4. The number of anilines is 1. The molecule has 0 radical (unpaired) electrons. The van der Waals surface area contributed by atoms with Crippen molar-refractivity contribution in [3.63, 3.8) is 0 Å². The van der Waals surface area contributed by atoms with Gasteiger partial charge in [0, 0.05) is 17.7 Å². The Balaban J connectivity index is 2.38. The zero-order valence-corrected chi connectivity index (χ0v) is 10.6. The van der Waals surface area contributed by atoms with E-state index in [-0.39, 0.29) is 19.0 Å². The fourth-order valence-electron chi connectivity index (χ4n) is 2.26. The summed E-state index contributed by atoms with van der Waals surface area (Å²) in [5.74, 6) is -0.273. The van der Waals surface area contributed by atoms with E-state index in [2.05, 4.69) is 4.98 Å². The lowest BCUT2D eigenvalue weighted by molar-refractivity contribution is -0.0381. The summed E-state index contributed by atoms with van der Waals surface area (Å²) in [4.78, 5) is 15.5. The number of nitrogens with two attached hydrogens (primary N) is 2. The summed E-state index contributed by atoms with van der Waals surface area (Å²) < 4.78 is 6.78. The van der Waals surface area contributed by atoms with Crippen LogP contribution in [0.15, 0.2) is 11.0 Å². The van der Waals surface area contributed by atoms with Gasteiger partial charge in [0.2, 0.25) is 0 Å². The summed E-state index contributed by atoms with van der Waals surface area (Å²) in [5.41, 5.74) is 11.6. The average Bonchev–Trinajstić information content (AvgIpc) is 2.70. The van der Waals surface area contributed by atoms with E-state index in [1.54, 1.807) is 6.92 Å². The molecule has 2 heterocycles. The van der Waals surface area contributed by atoms with Crippen molar-refractivity contribution in [1.29, 1.82) is 0 Å². The first-order chi connectivity index (χ1) is 8.99. The molecule has 0 bridgehead atoms. The molecule has 1 aliphatic heterocycles. The highest BCUT2D eigenvalue weighted by Gasteiger charge is 2.43. The molecule has 0 spiro atoms. The molecule has 2 rings (SSSR count). The van der Waals surface area contributed by atoms with Crippen LogP contribution in [0.4, 0.5) is 5.82 Å². The van der Waals surface area contributed by atoms with Crippen molar-refractivity contribution >= 4 is 5.82 Å². The van der Waals surface area contributed by atoms with Crippen molar-refractivity contribution < 1.29 is 14.9 Å². The Morgan fingerprint density at radius 1 is 1.47 bits per heavy atom. The predicted molar refractivity (Wildman–Crippen MR) is 67.2 cm³/mol. The van der Waals surface area contributed by atoms with Crippen molar-refractivity contribution in [2.45, 2.75) is 25.3 Å². The van der Waals surface area contributed by atoms with Crippen LogP contribution in [0.3, 0.4) is 0 Å². The molecule has 8 nitrogen and oxygen atoms in total. The lowest BCUT2D eigenvalue weighted by Gasteiger charge is -2.19. The Bertz CT molecular complexity index is 518. The summed E-state index contributed by atoms with van der Waals surface area (Å²) in [6.07, 6.45) is 0.145. The van der Waals surface area contributed by atoms with Gasteiger partial charge in [-0.25, -0.2) is 4.79 Å². The van der Waals surface area contributed by atoms with Gasteiger partial charge in [-0.15, -0.1) is 0 Å². The van der Waals surface area contributed by atoms with Gasteiger partial charge in [-0.05, 0) is 6.92 Å². The van der Waals surface area contributed by atoms with E-state index in [1.807, 2.05) is 0 Å². The molecule has 1 unspecified atom stereocenters. The number of nitrogen functional groups attached to an aromatic ring is 1. The number of ether oxygens (including phenoxy) is 1. The Morgan fingerprint density at radius 2 is 2.16 bits per heavy atom. The average molecular weight is 270 g/mol. The standard InChI is InChI=1S/C11H18N4O4/c1-5-2-15(11(18)14-9(5)13)10-8(12)6(3-16)7(4-17)19-10/h2,6-8,10,16-17H,3-4,12H2,1H3,(H2,13,14,18)/t6?,7-,8+,10-/m1/s1.